The van der Waals surface area contributed by atoms with E-state index in [-0.39, 0.29) is 12.5 Å². The molecular formula is C13H26O4. The molecule has 4 nitrogen and oxygen atoms in total. The van der Waals surface area contributed by atoms with Crippen molar-refractivity contribution >= 4 is 5.97 Å². The molecule has 0 amide bonds. The Morgan fingerprint density at radius 1 is 1.24 bits per heavy atom. The van der Waals surface area contributed by atoms with E-state index >= 15 is 0 Å². The molecule has 2 atom stereocenters. The Labute approximate surface area is 104 Å². The van der Waals surface area contributed by atoms with Crippen molar-refractivity contribution < 1.29 is 19.4 Å². The normalized spacial score (nSPS) is 17.7. The second kappa shape index (κ2) is 5.83. The first kappa shape index (κ1) is 16.4. The van der Waals surface area contributed by atoms with Crippen LogP contribution in [-0.4, -0.2) is 36.0 Å². The van der Waals surface area contributed by atoms with E-state index in [1.807, 2.05) is 34.6 Å². The molecule has 0 radical (unpaired) electrons. The minimum Gasteiger partial charge on any atom is -0.460 e. The molecule has 0 aromatic carbocycles. The summed E-state index contributed by atoms with van der Waals surface area (Å²) >= 11 is 0. The van der Waals surface area contributed by atoms with Gasteiger partial charge in [0.25, 0.3) is 0 Å². The van der Waals surface area contributed by atoms with E-state index in [0.29, 0.717) is 0 Å². The lowest BCUT2D eigenvalue weighted by Gasteiger charge is -2.37. The monoisotopic (exact) mass is 246 g/mol. The lowest BCUT2D eigenvalue weighted by Crippen LogP contribution is -2.50. The predicted octanol–water partition coefficient (Wildman–Crippen LogP) is 2.00. The lowest BCUT2D eigenvalue weighted by atomic mass is 9.80. The molecule has 102 valence electrons. The fourth-order valence-electron chi connectivity index (χ4n) is 1.62. The first-order valence-electron chi connectivity index (χ1n) is 5.98. The zero-order valence-corrected chi connectivity index (χ0v) is 12.0. The third-order valence-corrected chi connectivity index (χ3v) is 2.89. The van der Waals surface area contributed by atoms with Gasteiger partial charge in [-0.3, -0.25) is 4.79 Å². The fraction of sp³-hybridized carbons (Fsp3) is 0.923. The van der Waals surface area contributed by atoms with Crippen molar-refractivity contribution in [2.75, 3.05) is 13.7 Å². The zero-order chi connectivity index (χ0) is 13.9. The van der Waals surface area contributed by atoms with Crippen LogP contribution in [0.25, 0.3) is 0 Å². The Bertz CT molecular complexity index is 255. The third kappa shape index (κ3) is 4.64. The summed E-state index contributed by atoms with van der Waals surface area (Å²) in [6.45, 7) is 10.9. The first-order chi connectivity index (χ1) is 7.54. The van der Waals surface area contributed by atoms with Gasteiger partial charge < -0.3 is 14.6 Å². The highest BCUT2D eigenvalue weighted by atomic mass is 16.6. The van der Waals surface area contributed by atoms with Gasteiger partial charge in [0.15, 0.2) is 0 Å². The van der Waals surface area contributed by atoms with Gasteiger partial charge in [-0.15, -0.1) is 0 Å². The van der Waals surface area contributed by atoms with E-state index in [2.05, 4.69) is 0 Å². The van der Waals surface area contributed by atoms with Crippen LogP contribution in [0.5, 0.6) is 0 Å². The number of carbonyl (C=O) groups is 1. The molecule has 0 bridgehead atoms. The third-order valence-electron chi connectivity index (χ3n) is 2.89. The molecular weight excluding hydrogens is 220 g/mol. The average molecular weight is 246 g/mol. The maximum Gasteiger partial charge on any atom is 0.312 e. The van der Waals surface area contributed by atoms with Crippen LogP contribution >= 0.6 is 0 Å². The van der Waals surface area contributed by atoms with E-state index < -0.39 is 23.1 Å². The van der Waals surface area contributed by atoms with Gasteiger partial charge in [0.1, 0.15) is 11.2 Å². The Balaban J connectivity index is 4.85. The SMILES string of the molecule is COCC(O)(C(C)C)C(C)C(=O)OC(C)(C)C. The van der Waals surface area contributed by atoms with E-state index in [4.69, 9.17) is 9.47 Å². The van der Waals surface area contributed by atoms with Gasteiger partial charge in [-0.1, -0.05) is 13.8 Å². The molecule has 0 aliphatic rings. The van der Waals surface area contributed by atoms with Crippen LogP contribution in [0.1, 0.15) is 41.5 Å². The van der Waals surface area contributed by atoms with Crippen molar-refractivity contribution in [3.63, 3.8) is 0 Å². The molecule has 0 aliphatic heterocycles. The summed E-state index contributed by atoms with van der Waals surface area (Å²) < 4.78 is 10.3. The standard InChI is InChI=1S/C13H26O4/c1-9(2)13(15,8-16-7)10(3)11(14)17-12(4,5)6/h9-10,15H,8H2,1-7H3. The largest absolute Gasteiger partial charge is 0.460 e. The van der Waals surface area contributed by atoms with Gasteiger partial charge in [0.2, 0.25) is 0 Å². The van der Waals surface area contributed by atoms with Gasteiger partial charge in [-0.25, -0.2) is 0 Å². The van der Waals surface area contributed by atoms with Crippen LogP contribution < -0.4 is 0 Å². The minimum absolute atomic E-state index is 0.0926. The molecule has 0 rings (SSSR count). The van der Waals surface area contributed by atoms with E-state index in [1.54, 1.807) is 6.92 Å². The number of hydrogen-bond acceptors (Lipinski definition) is 4. The number of ether oxygens (including phenoxy) is 2. The molecule has 17 heavy (non-hydrogen) atoms. The zero-order valence-electron chi connectivity index (χ0n) is 12.0. The van der Waals surface area contributed by atoms with Crippen molar-refractivity contribution in [3.05, 3.63) is 0 Å². The van der Waals surface area contributed by atoms with Crippen LogP contribution in [0.15, 0.2) is 0 Å². The summed E-state index contributed by atoms with van der Waals surface area (Å²) in [4.78, 5) is 11.9. The van der Waals surface area contributed by atoms with E-state index in [0.717, 1.165) is 0 Å². The highest BCUT2D eigenvalue weighted by Crippen LogP contribution is 2.29. The van der Waals surface area contributed by atoms with Crippen molar-refractivity contribution in [1.29, 1.82) is 0 Å². The second-order valence-electron chi connectivity index (χ2n) is 5.83. The number of hydrogen-bond donors (Lipinski definition) is 1. The maximum atomic E-state index is 11.9. The summed E-state index contributed by atoms with van der Waals surface area (Å²) in [5, 5.41) is 10.5. The predicted molar refractivity (Wildman–Crippen MR) is 66.7 cm³/mol. The van der Waals surface area contributed by atoms with Gasteiger partial charge >= 0.3 is 5.97 Å². The molecule has 0 aromatic rings. The molecule has 0 heterocycles. The van der Waals surface area contributed by atoms with Crippen LogP contribution in [0.2, 0.25) is 0 Å². The number of aliphatic hydroxyl groups is 1. The molecule has 2 unspecified atom stereocenters. The highest BCUT2D eigenvalue weighted by Gasteiger charge is 2.43. The first-order valence-corrected chi connectivity index (χ1v) is 5.98. The van der Waals surface area contributed by atoms with Crippen LogP contribution in [0.4, 0.5) is 0 Å². The van der Waals surface area contributed by atoms with Crippen molar-refractivity contribution in [3.8, 4) is 0 Å². The lowest BCUT2D eigenvalue weighted by molar-refractivity contribution is -0.177. The van der Waals surface area contributed by atoms with Crippen molar-refractivity contribution in [2.45, 2.75) is 52.7 Å². The van der Waals surface area contributed by atoms with Gasteiger partial charge in [-0.05, 0) is 33.6 Å². The van der Waals surface area contributed by atoms with Gasteiger partial charge in [-0.2, -0.15) is 0 Å². The van der Waals surface area contributed by atoms with Crippen LogP contribution in [0.3, 0.4) is 0 Å². The summed E-state index contributed by atoms with van der Waals surface area (Å²) in [5.41, 5.74) is -1.74. The summed E-state index contributed by atoms with van der Waals surface area (Å²) in [5.74, 6) is -1.11. The van der Waals surface area contributed by atoms with Gasteiger partial charge in [0.05, 0.1) is 12.5 Å². The molecule has 0 fully saturated rings. The quantitative estimate of drug-likeness (QED) is 0.754. The fourth-order valence-corrected chi connectivity index (χ4v) is 1.62. The van der Waals surface area contributed by atoms with E-state index in [9.17, 15) is 9.90 Å². The molecule has 0 saturated carbocycles. The number of methoxy groups -OCH3 is 1. The average Bonchev–Trinajstić information content (AvgIpc) is 2.13. The smallest absolute Gasteiger partial charge is 0.312 e. The molecule has 1 N–H and O–H groups in total. The second-order valence-corrected chi connectivity index (χ2v) is 5.83. The summed E-state index contributed by atoms with van der Waals surface area (Å²) in [7, 11) is 1.51. The maximum absolute atomic E-state index is 11.9. The van der Waals surface area contributed by atoms with Crippen molar-refractivity contribution in [2.24, 2.45) is 11.8 Å². The van der Waals surface area contributed by atoms with E-state index in [1.165, 1.54) is 7.11 Å². The Morgan fingerprint density at radius 3 is 2.00 bits per heavy atom. The molecule has 4 heteroatoms. The number of carbonyl (C=O) groups excluding carboxylic acids is 1. The minimum atomic E-state index is -1.20. The highest BCUT2D eigenvalue weighted by molar-refractivity contribution is 5.74. The molecule has 0 aliphatic carbocycles. The van der Waals surface area contributed by atoms with Crippen molar-refractivity contribution in [1.82, 2.24) is 0 Å². The van der Waals surface area contributed by atoms with Crippen LogP contribution in [0, 0.1) is 11.8 Å². The summed E-state index contributed by atoms with van der Waals surface area (Å²) in [6, 6.07) is 0. The van der Waals surface area contributed by atoms with Crippen LogP contribution in [-0.2, 0) is 14.3 Å². The Morgan fingerprint density at radius 2 is 1.71 bits per heavy atom. The topological polar surface area (TPSA) is 55.8 Å². The molecule has 0 aromatic heterocycles. The Kier molecular flexibility index (Phi) is 5.62. The Hall–Kier alpha value is -0.610. The number of rotatable bonds is 5. The molecule has 0 spiro atoms. The van der Waals surface area contributed by atoms with Gasteiger partial charge in [0, 0.05) is 7.11 Å². The molecule has 0 saturated heterocycles. The summed E-state index contributed by atoms with van der Waals surface area (Å²) in [6.07, 6.45) is 0. The number of esters is 1.